The topological polar surface area (TPSA) is 85.0 Å². The minimum atomic E-state index is -1.18. The summed E-state index contributed by atoms with van der Waals surface area (Å²) >= 11 is 0. The lowest BCUT2D eigenvalue weighted by Gasteiger charge is -2.47. The minimum absolute atomic E-state index is 0.179. The third-order valence-electron chi connectivity index (χ3n) is 4.94. The van der Waals surface area contributed by atoms with E-state index in [0.29, 0.717) is 50.1 Å². The Morgan fingerprint density at radius 3 is 2.79 bits per heavy atom. The second kappa shape index (κ2) is 6.66. The van der Waals surface area contributed by atoms with Crippen LogP contribution in [0.15, 0.2) is 18.2 Å². The summed E-state index contributed by atoms with van der Waals surface area (Å²) in [5.41, 5.74) is 6.70. The summed E-state index contributed by atoms with van der Waals surface area (Å²) in [7, 11) is 0. The predicted molar refractivity (Wildman–Crippen MR) is 84.8 cm³/mol. The van der Waals surface area contributed by atoms with Crippen LogP contribution in [0.1, 0.15) is 30.4 Å². The molecule has 0 aliphatic carbocycles. The molecule has 2 aliphatic heterocycles. The van der Waals surface area contributed by atoms with E-state index < -0.39 is 11.8 Å². The number of piperidine rings is 1. The molecule has 2 atom stereocenters. The maximum absolute atomic E-state index is 13.4. The highest BCUT2D eigenvalue weighted by Gasteiger charge is 2.44. The molecule has 2 aliphatic rings. The van der Waals surface area contributed by atoms with Crippen LogP contribution in [0.2, 0.25) is 0 Å². The van der Waals surface area contributed by atoms with E-state index in [9.17, 15) is 14.3 Å². The minimum Gasteiger partial charge on any atom is -0.465 e. The van der Waals surface area contributed by atoms with Crippen LogP contribution in [0.25, 0.3) is 0 Å². The highest BCUT2D eigenvalue weighted by Crippen LogP contribution is 2.39. The van der Waals surface area contributed by atoms with Crippen molar-refractivity contribution in [1.29, 1.82) is 0 Å². The SMILES string of the molecule is Cc1cc(F)ccc1C1(N)CC(CC2OCCO2)CCN1C(=O)O. The maximum atomic E-state index is 13.4. The van der Waals surface area contributed by atoms with Crippen LogP contribution in [-0.2, 0) is 15.1 Å². The molecule has 6 nitrogen and oxygen atoms in total. The average molecular weight is 338 g/mol. The number of carbonyl (C=O) groups is 1. The predicted octanol–water partition coefficient (Wildman–Crippen LogP) is 2.40. The Morgan fingerprint density at radius 1 is 1.46 bits per heavy atom. The quantitative estimate of drug-likeness (QED) is 0.884. The van der Waals surface area contributed by atoms with Crippen molar-refractivity contribution in [3.8, 4) is 0 Å². The summed E-state index contributed by atoms with van der Waals surface area (Å²) in [6.07, 6.45) is 0.536. The van der Waals surface area contributed by atoms with E-state index in [1.165, 1.54) is 17.0 Å². The normalized spacial score (nSPS) is 28.3. The van der Waals surface area contributed by atoms with Gasteiger partial charge in [-0.25, -0.2) is 9.18 Å². The molecule has 0 aromatic heterocycles. The van der Waals surface area contributed by atoms with Gasteiger partial charge in [0.2, 0.25) is 0 Å². The van der Waals surface area contributed by atoms with Crippen LogP contribution < -0.4 is 5.73 Å². The van der Waals surface area contributed by atoms with Crippen molar-refractivity contribution in [2.75, 3.05) is 19.8 Å². The van der Waals surface area contributed by atoms with Gasteiger partial charge in [-0.15, -0.1) is 0 Å². The maximum Gasteiger partial charge on any atom is 0.409 e. The van der Waals surface area contributed by atoms with Gasteiger partial charge in [0.15, 0.2) is 6.29 Å². The Morgan fingerprint density at radius 2 is 2.17 bits per heavy atom. The van der Waals surface area contributed by atoms with E-state index in [2.05, 4.69) is 0 Å². The molecule has 2 saturated heterocycles. The van der Waals surface area contributed by atoms with E-state index >= 15 is 0 Å². The largest absolute Gasteiger partial charge is 0.465 e. The lowest BCUT2D eigenvalue weighted by molar-refractivity contribution is -0.0708. The van der Waals surface area contributed by atoms with Crippen LogP contribution >= 0.6 is 0 Å². The van der Waals surface area contributed by atoms with Gasteiger partial charge in [0.1, 0.15) is 11.5 Å². The van der Waals surface area contributed by atoms with Crippen LogP contribution in [0, 0.1) is 18.7 Å². The highest BCUT2D eigenvalue weighted by molar-refractivity contribution is 5.67. The molecule has 3 N–H and O–H groups in total. The van der Waals surface area contributed by atoms with E-state index in [0.717, 1.165) is 0 Å². The third-order valence-corrected chi connectivity index (χ3v) is 4.94. The zero-order valence-corrected chi connectivity index (χ0v) is 13.7. The summed E-state index contributed by atoms with van der Waals surface area (Å²) < 4.78 is 24.4. The molecular formula is C17H23FN2O4. The average Bonchev–Trinajstić information content (AvgIpc) is 2.99. The number of aryl methyl sites for hydroxylation is 1. The Hall–Kier alpha value is -1.70. The van der Waals surface area contributed by atoms with E-state index in [-0.39, 0.29) is 18.0 Å². The Labute approximate surface area is 140 Å². The van der Waals surface area contributed by atoms with Crippen molar-refractivity contribution in [3.63, 3.8) is 0 Å². The molecule has 1 aromatic carbocycles. The van der Waals surface area contributed by atoms with Crippen molar-refractivity contribution >= 4 is 6.09 Å². The molecule has 132 valence electrons. The fourth-order valence-electron chi connectivity index (χ4n) is 3.81. The number of benzene rings is 1. The number of hydrogen-bond donors (Lipinski definition) is 2. The lowest BCUT2D eigenvalue weighted by Crippen LogP contribution is -2.60. The van der Waals surface area contributed by atoms with Crippen molar-refractivity contribution < 1.29 is 23.8 Å². The van der Waals surface area contributed by atoms with Gasteiger partial charge >= 0.3 is 6.09 Å². The standard InChI is InChI=1S/C17H23FN2O4/c1-11-8-13(18)2-3-14(11)17(19)10-12(4-5-20(17)16(21)22)9-15-23-6-7-24-15/h2-3,8,12,15H,4-7,9-10,19H2,1H3,(H,21,22). The monoisotopic (exact) mass is 338 g/mol. The number of nitrogens with two attached hydrogens (primary N) is 1. The van der Waals surface area contributed by atoms with E-state index in [1.807, 2.05) is 0 Å². The van der Waals surface area contributed by atoms with Gasteiger partial charge in [0, 0.05) is 13.0 Å². The Bertz CT molecular complexity index is 621. The first kappa shape index (κ1) is 17.1. The smallest absolute Gasteiger partial charge is 0.409 e. The molecule has 7 heteroatoms. The summed E-state index contributed by atoms with van der Waals surface area (Å²) in [5.74, 6) is -0.181. The fraction of sp³-hybridized carbons (Fsp3) is 0.588. The third kappa shape index (κ3) is 3.24. The Balaban J connectivity index is 1.87. The van der Waals surface area contributed by atoms with Gasteiger partial charge in [-0.1, -0.05) is 6.07 Å². The number of likely N-dealkylation sites (tertiary alicyclic amines) is 1. The first-order valence-corrected chi connectivity index (χ1v) is 8.19. The van der Waals surface area contributed by atoms with Gasteiger partial charge in [-0.05, 0) is 48.9 Å². The molecule has 1 amide bonds. The molecule has 2 fully saturated rings. The molecular weight excluding hydrogens is 315 g/mol. The van der Waals surface area contributed by atoms with Crippen molar-refractivity contribution in [1.82, 2.24) is 4.90 Å². The van der Waals surface area contributed by atoms with Crippen LogP contribution in [0.4, 0.5) is 9.18 Å². The molecule has 2 heterocycles. The van der Waals surface area contributed by atoms with Crippen molar-refractivity contribution in [2.24, 2.45) is 11.7 Å². The lowest BCUT2D eigenvalue weighted by atomic mass is 9.79. The summed E-state index contributed by atoms with van der Waals surface area (Å²) in [6, 6.07) is 4.30. The van der Waals surface area contributed by atoms with Crippen molar-refractivity contribution in [2.45, 2.75) is 38.1 Å². The first-order chi connectivity index (χ1) is 11.4. The van der Waals surface area contributed by atoms with Gasteiger partial charge in [0.25, 0.3) is 0 Å². The number of nitrogens with zero attached hydrogens (tertiary/aromatic N) is 1. The molecule has 1 aromatic rings. The molecule has 0 bridgehead atoms. The number of amides is 1. The van der Waals surface area contributed by atoms with Gasteiger partial charge in [0.05, 0.1) is 13.2 Å². The van der Waals surface area contributed by atoms with Gasteiger partial charge < -0.3 is 20.3 Å². The number of carboxylic acid groups (broad SMARTS) is 1. The van der Waals surface area contributed by atoms with Gasteiger partial charge in [-0.3, -0.25) is 4.90 Å². The fourth-order valence-corrected chi connectivity index (χ4v) is 3.81. The molecule has 0 radical (unpaired) electrons. The number of rotatable bonds is 3. The van der Waals surface area contributed by atoms with Crippen LogP contribution in [-0.4, -0.2) is 42.1 Å². The summed E-state index contributed by atoms with van der Waals surface area (Å²) in [6.45, 7) is 3.26. The zero-order chi connectivity index (χ0) is 17.3. The molecule has 2 unspecified atom stereocenters. The van der Waals surface area contributed by atoms with Crippen molar-refractivity contribution in [3.05, 3.63) is 35.1 Å². The highest BCUT2D eigenvalue weighted by atomic mass is 19.1. The molecule has 3 rings (SSSR count). The second-order valence-electron chi connectivity index (χ2n) is 6.58. The molecule has 0 spiro atoms. The van der Waals surface area contributed by atoms with Crippen LogP contribution in [0.3, 0.4) is 0 Å². The van der Waals surface area contributed by atoms with Gasteiger partial charge in [-0.2, -0.15) is 0 Å². The second-order valence-corrected chi connectivity index (χ2v) is 6.58. The molecule has 0 saturated carbocycles. The Kier molecular flexibility index (Phi) is 4.76. The van der Waals surface area contributed by atoms with E-state index in [4.69, 9.17) is 15.2 Å². The molecule has 24 heavy (non-hydrogen) atoms. The summed E-state index contributed by atoms with van der Waals surface area (Å²) in [5, 5.41) is 9.57. The number of ether oxygens (including phenoxy) is 2. The summed E-state index contributed by atoms with van der Waals surface area (Å²) in [4.78, 5) is 13.0. The first-order valence-electron chi connectivity index (χ1n) is 8.19. The number of hydrogen-bond acceptors (Lipinski definition) is 4. The number of halogens is 1. The zero-order valence-electron chi connectivity index (χ0n) is 13.7. The van der Waals surface area contributed by atoms with E-state index in [1.54, 1.807) is 13.0 Å². The van der Waals surface area contributed by atoms with Crippen LogP contribution in [0.5, 0.6) is 0 Å².